The van der Waals surface area contributed by atoms with Gasteiger partial charge in [-0.1, -0.05) is 66.7 Å². The van der Waals surface area contributed by atoms with E-state index < -0.39 is 0 Å². The maximum absolute atomic E-state index is 2.49. The first kappa shape index (κ1) is 14.0. The van der Waals surface area contributed by atoms with Gasteiger partial charge in [0.2, 0.25) is 0 Å². The quantitative estimate of drug-likeness (QED) is 0.568. The molecule has 0 heterocycles. The highest BCUT2D eigenvalue weighted by molar-refractivity contribution is 4.82. The van der Waals surface area contributed by atoms with Crippen molar-refractivity contribution >= 4 is 0 Å². The Balaban J connectivity index is 0.000000791. The van der Waals surface area contributed by atoms with Crippen LogP contribution in [-0.4, -0.2) is 0 Å². The summed E-state index contributed by atoms with van der Waals surface area (Å²) in [5.74, 6) is 1.03. The molecule has 0 unspecified atom stereocenters. The lowest BCUT2D eigenvalue weighted by Crippen LogP contribution is -2.27. The highest BCUT2D eigenvalue weighted by atomic mass is 14.4. The maximum Gasteiger partial charge on any atom is -0.0303 e. The molecule has 0 heteroatoms. The topological polar surface area (TPSA) is 0 Å². The molecule has 0 aliphatic heterocycles. The van der Waals surface area contributed by atoms with Crippen molar-refractivity contribution in [3.63, 3.8) is 0 Å². The van der Waals surface area contributed by atoms with Crippen molar-refractivity contribution in [3.8, 4) is 0 Å². The van der Waals surface area contributed by atoms with Gasteiger partial charge in [0, 0.05) is 0 Å². The zero-order valence-corrected chi connectivity index (χ0v) is 11.0. The van der Waals surface area contributed by atoms with Gasteiger partial charge in [-0.15, -0.1) is 0 Å². The summed E-state index contributed by atoms with van der Waals surface area (Å²) >= 11 is 0. The molecule has 1 aliphatic carbocycles. The van der Waals surface area contributed by atoms with E-state index in [9.17, 15) is 0 Å². The van der Waals surface area contributed by atoms with E-state index in [1.807, 2.05) is 13.8 Å². The largest absolute Gasteiger partial charge is 0.0683 e. The Morgan fingerprint density at radius 2 is 1.36 bits per heavy atom. The molecular formula is C14H30. The number of rotatable bonds is 3. The molecule has 0 aromatic heterocycles. The molecule has 1 saturated carbocycles. The molecule has 0 aromatic rings. The molecule has 86 valence electrons. The van der Waals surface area contributed by atoms with E-state index in [0.717, 1.165) is 5.92 Å². The minimum Gasteiger partial charge on any atom is -0.0683 e. The Bertz CT molecular complexity index is 116. The Kier molecular flexibility index (Phi) is 7.31. The third-order valence-corrected chi connectivity index (χ3v) is 4.21. The van der Waals surface area contributed by atoms with E-state index in [2.05, 4.69) is 20.8 Å². The van der Waals surface area contributed by atoms with Crippen molar-refractivity contribution in [2.24, 2.45) is 11.3 Å². The third kappa shape index (κ3) is 3.63. The van der Waals surface area contributed by atoms with Crippen LogP contribution in [0.3, 0.4) is 0 Å². The fourth-order valence-electron chi connectivity index (χ4n) is 2.63. The van der Waals surface area contributed by atoms with Gasteiger partial charge in [-0.05, 0) is 24.2 Å². The van der Waals surface area contributed by atoms with Gasteiger partial charge in [-0.25, -0.2) is 0 Å². The van der Waals surface area contributed by atoms with Gasteiger partial charge < -0.3 is 0 Å². The van der Waals surface area contributed by atoms with Crippen LogP contribution in [0.5, 0.6) is 0 Å². The molecule has 0 nitrogen and oxygen atoms in total. The van der Waals surface area contributed by atoms with Crippen LogP contribution >= 0.6 is 0 Å². The van der Waals surface area contributed by atoms with E-state index in [0.29, 0.717) is 5.41 Å². The second-order valence-corrected chi connectivity index (χ2v) is 4.70. The minimum absolute atomic E-state index is 0.653. The van der Waals surface area contributed by atoms with E-state index in [-0.39, 0.29) is 0 Å². The molecule has 0 amide bonds. The minimum atomic E-state index is 0.653. The Morgan fingerprint density at radius 1 is 0.929 bits per heavy atom. The fourth-order valence-corrected chi connectivity index (χ4v) is 2.63. The monoisotopic (exact) mass is 198 g/mol. The summed E-state index contributed by atoms with van der Waals surface area (Å²) in [7, 11) is 0. The van der Waals surface area contributed by atoms with E-state index in [1.54, 1.807) is 0 Å². The average molecular weight is 198 g/mol. The SMILES string of the molecule is CC.CCC(C)(CC)C1CCCCC1. The summed E-state index contributed by atoms with van der Waals surface area (Å²) in [6.45, 7) is 11.2. The van der Waals surface area contributed by atoms with Crippen molar-refractivity contribution in [2.45, 2.75) is 79.6 Å². The first-order chi connectivity index (χ1) is 6.73. The maximum atomic E-state index is 2.49. The molecule has 14 heavy (non-hydrogen) atoms. The average Bonchev–Trinajstić information content (AvgIpc) is 2.32. The summed E-state index contributed by atoms with van der Waals surface area (Å²) < 4.78 is 0. The van der Waals surface area contributed by atoms with Crippen LogP contribution in [0.15, 0.2) is 0 Å². The Morgan fingerprint density at radius 3 is 1.71 bits per heavy atom. The molecule has 1 aliphatic rings. The molecule has 1 rings (SSSR count). The molecular weight excluding hydrogens is 168 g/mol. The first-order valence-electron chi connectivity index (χ1n) is 6.73. The van der Waals surface area contributed by atoms with Crippen LogP contribution in [0.2, 0.25) is 0 Å². The van der Waals surface area contributed by atoms with Crippen molar-refractivity contribution < 1.29 is 0 Å². The molecule has 0 atom stereocenters. The Labute approximate surface area is 91.5 Å². The van der Waals surface area contributed by atoms with Crippen LogP contribution in [0.25, 0.3) is 0 Å². The lowest BCUT2D eigenvalue weighted by molar-refractivity contribution is 0.125. The molecule has 0 saturated heterocycles. The summed E-state index contributed by atoms with van der Waals surface area (Å²) in [5.41, 5.74) is 0.653. The fraction of sp³-hybridized carbons (Fsp3) is 1.00. The van der Waals surface area contributed by atoms with Crippen LogP contribution in [-0.2, 0) is 0 Å². The lowest BCUT2D eigenvalue weighted by atomic mass is 9.67. The molecule has 0 aromatic carbocycles. The zero-order chi connectivity index (χ0) is 11.0. The molecule has 0 spiro atoms. The van der Waals surface area contributed by atoms with E-state index >= 15 is 0 Å². The number of hydrogen-bond donors (Lipinski definition) is 0. The van der Waals surface area contributed by atoms with Crippen molar-refractivity contribution in [3.05, 3.63) is 0 Å². The smallest absolute Gasteiger partial charge is 0.0303 e. The third-order valence-electron chi connectivity index (χ3n) is 4.21. The van der Waals surface area contributed by atoms with Gasteiger partial charge in [-0.2, -0.15) is 0 Å². The van der Waals surface area contributed by atoms with E-state index in [1.165, 1.54) is 44.9 Å². The second-order valence-electron chi connectivity index (χ2n) is 4.70. The molecule has 1 fully saturated rings. The molecule has 0 N–H and O–H groups in total. The summed E-state index contributed by atoms with van der Waals surface area (Å²) in [6, 6.07) is 0. The van der Waals surface area contributed by atoms with Gasteiger partial charge in [0.05, 0.1) is 0 Å². The predicted octanol–water partition coefficient (Wildman–Crippen LogP) is 5.42. The summed E-state index contributed by atoms with van der Waals surface area (Å²) in [4.78, 5) is 0. The van der Waals surface area contributed by atoms with Gasteiger partial charge in [0.25, 0.3) is 0 Å². The lowest BCUT2D eigenvalue weighted by Gasteiger charge is -2.38. The van der Waals surface area contributed by atoms with Gasteiger partial charge in [0.1, 0.15) is 0 Å². The second kappa shape index (κ2) is 7.31. The predicted molar refractivity (Wildman–Crippen MR) is 66.6 cm³/mol. The van der Waals surface area contributed by atoms with Gasteiger partial charge in [-0.3, -0.25) is 0 Å². The molecule has 0 radical (unpaired) electrons. The normalized spacial score (nSPS) is 18.6. The standard InChI is InChI=1S/C12H24.C2H6/c1-4-12(3,5-2)11-9-7-6-8-10-11;1-2/h11H,4-10H2,1-3H3;1-2H3. The van der Waals surface area contributed by atoms with Gasteiger partial charge in [0.15, 0.2) is 0 Å². The van der Waals surface area contributed by atoms with Crippen molar-refractivity contribution in [1.29, 1.82) is 0 Å². The first-order valence-corrected chi connectivity index (χ1v) is 6.73. The van der Waals surface area contributed by atoms with Crippen LogP contribution in [0.4, 0.5) is 0 Å². The van der Waals surface area contributed by atoms with E-state index in [4.69, 9.17) is 0 Å². The van der Waals surface area contributed by atoms with Crippen LogP contribution in [0, 0.1) is 11.3 Å². The Hall–Kier alpha value is 0. The zero-order valence-electron chi connectivity index (χ0n) is 11.0. The summed E-state index contributed by atoms with van der Waals surface area (Å²) in [5, 5.41) is 0. The van der Waals surface area contributed by atoms with Gasteiger partial charge >= 0.3 is 0 Å². The molecule has 0 bridgehead atoms. The van der Waals surface area contributed by atoms with Crippen molar-refractivity contribution in [1.82, 2.24) is 0 Å². The van der Waals surface area contributed by atoms with Crippen LogP contribution in [0.1, 0.15) is 79.6 Å². The highest BCUT2D eigenvalue weighted by Gasteiger charge is 2.31. The van der Waals surface area contributed by atoms with Crippen molar-refractivity contribution in [2.75, 3.05) is 0 Å². The van der Waals surface area contributed by atoms with Crippen LogP contribution < -0.4 is 0 Å². The summed E-state index contributed by atoms with van der Waals surface area (Å²) in [6.07, 6.45) is 10.2. The number of hydrogen-bond acceptors (Lipinski definition) is 0. The highest BCUT2D eigenvalue weighted by Crippen LogP contribution is 2.42.